The van der Waals surface area contributed by atoms with Crippen molar-refractivity contribution in [2.24, 2.45) is 5.73 Å². The van der Waals surface area contributed by atoms with Crippen LogP contribution in [0.2, 0.25) is 0 Å². The molecule has 0 atom stereocenters. The molecule has 2 N–H and O–H groups in total. The van der Waals surface area contributed by atoms with Crippen LogP contribution in [0.1, 0.15) is 40.2 Å². The maximum Gasteiger partial charge on any atom is 0.204 e. The molecule has 1 amide bonds. The van der Waals surface area contributed by atoms with E-state index in [-0.39, 0.29) is 6.41 Å². The molecular formula is C15H29NO2. The van der Waals surface area contributed by atoms with E-state index in [0.29, 0.717) is 0 Å². The van der Waals surface area contributed by atoms with Crippen molar-refractivity contribution in [2.75, 3.05) is 13.2 Å². The molecule has 0 heterocycles. The first-order chi connectivity index (χ1) is 8.85. The minimum Gasteiger partial charge on any atom is -0.381 e. The Hall–Kier alpha value is -1.35. The van der Waals surface area contributed by atoms with Gasteiger partial charge in [-0.1, -0.05) is 58.0 Å². The van der Waals surface area contributed by atoms with Gasteiger partial charge in [0.05, 0.1) is 6.61 Å². The van der Waals surface area contributed by atoms with Gasteiger partial charge in [-0.15, -0.1) is 0 Å². The third-order valence-electron chi connectivity index (χ3n) is 1.58. The van der Waals surface area contributed by atoms with E-state index in [1.54, 1.807) is 0 Å². The Morgan fingerprint density at radius 2 is 1.56 bits per heavy atom. The van der Waals surface area contributed by atoms with E-state index in [0.717, 1.165) is 19.6 Å². The van der Waals surface area contributed by atoms with E-state index in [1.165, 1.54) is 5.56 Å². The fraction of sp³-hybridized carbons (Fsp3) is 0.533. The number of hydrogen-bond acceptors (Lipinski definition) is 2. The molecule has 106 valence electrons. The molecule has 0 aliphatic heterocycles. The van der Waals surface area contributed by atoms with E-state index < -0.39 is 0 Å². The number of ether oxygens (including phenoxy) is 1. The molecule has 1 rings (SSSR count). The summed E-state index contributed by atoms with van der Waals surface area (Å²) in [4.78, 5) is 8.58. The monoisotopic (exact) mass is 255 g/mol. The smallest absolute Gasteiger partial charge is 0.204 e. The molecule has 0 bridgehead atoms. The highest BCUT2D eigenvalue weighted by molar-refractivity contribution is 5.42. The van der Waals surface area contributed by atoms with Gasteiger partial charge in [0.2, 0.25) is 6.41 Å². The van der Waals surface area contributed by atoms with Gasteiger partial charge in [-0.05, 0) is 18.9 Å². The van der Waals surface area contributed by atoms with Crippen molar-refractivity contribution in [1.82, 2.24) is 0 Å². The lowest BCUT2D eigenvalue weighted by Gasteiger charge is -2.00. The maximum absolute atomic E-state index is 8.58. The SMILES string of the molecule is CC.CC.CCOCCc1ccccc1.NC=O. The molecule has 0 fully saturated rings. The predicted molar refractivity (Wildman–Crippen MR) is 79.6 cm³/mol. The van der Waals surface area contributed by atoms with Crippen molar-refractivity contribution >= 4 is 6.41 Å². The van der Waals surface area contributed by atoms with Crippen molar-refractivity contribution < 1.29 is 9.53 Å². The van der Waals surface area contributed by atoms with Crippen LogP contribution in [-0.4, -0.2) is 19.6 Å². The van der Waals surface area contributed by atoms with E-state index in [4.69, 9.17) is 9.53 Å². The lowest BCUT2D eigenvalue weighted by molar-refractivity contribution is -0.106. The van der Waals surface area contributed by atoms with Crippen LogP contribution >= 0.6 is 0 Å². The highest BCUT2D eigenvalue weighted by Crippen LogP contribution is 1.98. The van der Waals surface area contributed by atoms with E-state index in [2.05, 4.69) is 30.0 Å². The number of benzene rings is 1. The van der Waals surface area contributed by atoms with Crippen LogP contribution < -0.4 is 5.73 Å². The summed E-state index contributed by atoms with van der Waals surface area (Å²) in [5.41, 5.74) is 5.51. The second-order valence-corrected chi connectivity index (χ2v) is 2.57. The fourth-order valence-corrected chi connectivity index (χ4v) is 0.979. The molecule has 3 heteroatoms. The average Bonchev–Trinajstić information content (AvgIpc) is 2.46. The normalized spacial score (nSPS) is 7.39. The van der Waals surface area contributed by atoms with Gasteiger partial charge < -0.3 is 10.5 Å². The van der Waals surface area contributed by atoms with E-state index >= 15 is 0 Å². The van der Waals surface area contributed by atoms with Gasteiger partial charge in [0, 0.05) is 6.61 Å². The maximum atomic E-state index is 8.58. The topological polar surface area (TPSA) is 52.3 Å². The first-order valence-corrected chi connectivity index (χ1v) is 6.62. The number of amides is 1. The second kappa shape index (κ2) is 24.7. The van der Waals surface area contributed by atoms with Crippen LogP contribution in [0.5, 0.6) is 0 Å². The Labute approximate surface area is 112 Å². The first-order valence-electron chi connectivity index (χ1n) is 6.62. The molecule has 0 aromatic heterocycles. The third-order valence-corrected chi connectivity index (χ3v) is 1.58. The van der Waals surface area contributed by atoms with Crippen molar-refractivity contribution in [3.63, 3.8) is 0 Å². The van der Waals surface area contributed by atoms with Gasteiger partial charge in [0.25, 0.3) is 0 Å². The Morgan fingerprint density at radius 3 is 1.94 bits per heavy atom. The number of hydrogen-bond donors (Lipinski definition) is 1. The predicted octanol–water partition coefficient (Wildman–Crippen LogP) is 3.42. The Morgan fingerprint density at radius 1 is 1.11 bits per heavy atom. The van der Waals surface area contributed by atoms with Gasteiger partial charge in [0.15, 0.2) is 0 Å². The van der Waals surface area contributed by atoms with Crippen LogP contribution in [-0.2, 0) is 16.0 Å². The lowest BCUT2D eigenvalue weighted by atomic mass is 10.2. The van der Waals surface area contributed by atoms with Gasteiger partial charge >= 0.3 is 0 Å². The Bertz CT molecular complexity index is 225. The highest BCUT2D eigenvalue weighted by Gasteiger charge is 1.89. The van der Waals surface area contributed by atoms with Gasteiger partial charge in [-0.3, -0.25) is 4.79 Å². The van der Waals surface area contributed by atoms with Crippen LogP contribution in [0.4, 0.5) is 0 Å². The number of carbonyl (C=O) groups is 1. The highest BCUT2D eigenvalue weighted by atomic mass is 16.5. The molecule has 0 aliphatic carbocycles. The summed E-state index contributed by atoms with van der Waals surface area (Å²) >= 11 is 0. The van der Waals surface area contributed by atoms with Crippen molar-refractivity contribution in [3.8, 4) is 0 Å². The van der Waals surface area contributed by atoms with Crippen LogP contribution in [0.25, 0.3) is 0 Å². The van der Waals surface area contributed by atoms with Crippen LogP contribution in [0.15, 0.2) is 30.3 Å². The Kier molecular flexibility index (Phi) is 30.1. The zero-order valence-electron chi connectivity index (χ0n) is 12.5. The standard InChI is InChI=1S/C10H14O.2C2H6.CH3NO/c1-2-11-9-8-10-6-4-3-5-7-10;2*1-2;2-1-3/h3-7H,2,8-9H2,1H3;2*1-2H3;1H,(H2,2,3). The first kappa shape index (κ1) is 21.9. The molecule has 0 unspecified atom stereocenters. The summed E-state index contributed by atoms with van der Waals surface area (Å²) < 4.78 is 5.24. The molecule has 0 radical (unpaired) electrons. The largest absolute Gasteiger partial charge is 0.381 e. The average molecular weight is 255 g/mol. The van der Waals surface area contributed by atoms with E-state index in [9.17, 15) is 0 Å². The fourth-order valence-electron chi connectivity index (χ4n) is 0.979. The zero-order chi connectivity index (χ0) is 14.6. The summed E-state index contributed by atoms with van der Waals surface area (Å²) in [6.45, 7) is 11.7. The van der Waals surface area contributed by atoms with E-state index in [1.807, 2.05) is 40.7 Å². The number of nitrogens with two attached hydrogens (primary N) is 1. The molecular weight excluding hydrogens is 226 g/mol. The second-order valence-electron chi connectivity index (χ2n) is 2.57. The molecule has 0 saturated carbocycles. The zero-order valence-corrected chi connectivity index (χ0v) is 12.5. The van der Waals surface area contributed by atoms with Crippen molar-refractivity contribution in [2.45, 2.75) is 41.0 Å². The molecule has 0 spiro atoms. The summed E-state index contributed by atoms with van der Waals surface area (Å²) in [5.74, 6) is 0. The third kappa shape index (κ3) is 20.1. The van der Waals surface area contributed by atoms with Crippen LogP contribution in [0, 0.1) is 0 Å². The van der Waals surface area contributed by atoms with Gasteiger partial charge in [-0.25, -0.2) is 0 Å². The molecule has 1 aromatic carbocycles. The molecule has 3 nitrogen and oxygen atoms in total. The number of carbonyl (C=O) groups excluding carboxylic acids is 1. The van der Waals surface area contributed by atoms with Crippen LogP contribution in [0.3, 0.4) is 0 Å². The molecule has 18 heavy (non-hydrogen) atoms. The lowest BCUT2D eigenvalue weighted by Crippen LogP contribution is -1.96. The quantitative estimate of drug-likeness (QED) is 0.662. The molecule has 0 saturated heterocycles. The summed E-state index contributed by atoms with van der Waals surface area (Å²) in [6.07, 6.45) is 1.27. The van der Waals surface area contributed by atoms with Crippen molar-refractivity contribution in [3.05, 3.63) is 35.9 Å². The summed E-state index contributed by atoms with van der Waals surface area (Å²) in [5, 5.41) is 0. The number of rotatable bonds is 4. The minimum atomic E-state index is 0.250. The van der Waals surface area contributed by atoms with Gasteiger partial charge in [-0.2, -0.15) is 0 Å². The Balaban J connectivity index is -0.000000274. The molecule has 0 aliphatic rings. The number of primary amides is 1. The summed E-state index contributed by atoms with van der Waals surface area (Å²) in [7, 11) is 0. The molecule has 1 aromatic rings. The summed E-state index contributed by atoms with van der Waals surface area (Å²) in [6, 6.07) is 10.4. The minimum absolute atomic E-state index is 0.250. The van der Waals surface area contributed by atoms with Crippen molar-refractivity contribution in [1.29, 1.82) is 0 Å². The van der Waals surface area contributed by atoms with Gasteiger partial charge in [0.1, 0.15) is 0 Å².